The van der Waals surface area contributed by atoms with E-state index in [9.17, 15) is 13.6 Å². The van der Waals surface area contributed by atoms with Crippen molar-refractivity contribution in [3.63, 3.8) is 0 Å². The Labute approximate surface area is 89.0 Å². The Hall–Kier alpha value is -1.36. The molecule has 15 heavy (non-hydrogen) atoms. The van der Waals surface area contributed by atoms with Crippen LogP contribution in [0, 0.1) is 0 Å². The molecule has 0 aliphatic carbocycles. The van der Waals surface area contributed by atoms with Crippen molar-refractivity contribution in [2.24, 2.45) is 0 Å². The van der Waals surface area contributed by atoms with Gasteiger partial charge in [0.1, 0.15) is 5.75 Å². The first-order valence-corrected chi connectivity index (χ1v) is 4.50. The molecule has 1 aliphatic rings. The molecule has 2 rings (SSSR count). The van der Waals surface area contributed by atoms with Crippen molar-refractivity contribution >= 4 is 23.2 Å². The van der Waals surface area contributed by atoms with Gasteiger partial charge in [0.15, 0.2) is 6.61 Å². The number of alkyl halides is 2. The highest BCUT2D eigenvalue weighted by molar-refractivity contribution is 6.31. The van der Waals surface area contributed by atoms with E-state index in [1.54, 1.807) is 0 Å². The Bertz CT molecular complexity index is 423. The standard InChI is InChI=1S/C9H6ClF2NO2/c10-5-2-7-6(1-4(5)9(11)12)13-8(14)3-15-7/h1-2,9H,3H2,(H,13,14). The van der Waals surface area contributed by atoms with Gasteiger partial charge in [0.2, 0.25) is 0 Å². The molecule has 0 atom stereocenters. The zero-order valence-electron chi connectivity index (χ0n) is 7.39. The molecule has 0 saturated carbocycles. The number of hydrogen-bond donors (Lipinski definition) is 1. The Kier molecular flexibility index (Phi) is 2.48. The Morgan fingerprint density at radius 3 is 2.87 bits per heavy atom. The van der Waals surface area contributed by atoms with Crippen LogP contribution in [-0.2, 0) is 4.79 Å². The lowest BCUT2D eigenvalue weighted by Gasteiger charge is -2.19. The van der Waals surface area contributed by atoms with Crippen molar-refractivity contribution in [2.45, 2.75) is 6.43 Å². The van der Waals surface area contributed by atoms with Crippen LogP contribution in [0.25, 0.3) is 0 Å². The van der Waals surface area contributed by atoms with E-state index >= 15 is 0 Å². The predicted molar refractivity (Wildman–Crippen MR) is 50.5 cm³/mol. The van der Waals surface area contributed by atoms with E-state index in [1.807, 2.05) is 0 Å². The maximum absolute atomic E-state index is 12.5. The summed E-state index contributed by atoms with van der Waals surface area (Å²) in [7, 11) is 0. The molecule has 1 aromatic rings. The lowest BCUT2D eigenvalue weighted by atomic mass is 10.1. The van der Waals surface area contributed by atoms with Gasteiger partial charge in [0.05, 0.1) is 10.7 Å². The number of carbonyl (C=O) groups excluding carboxylic acids is 1. The van der Waals surface area contributed by atoms with Crippen LogP contribution in [0.15, 0.2) is 12.1 Å². The van der Waals surface area contributed by atoms with Gasteiger partial charge in [-0.25, -0.2) is 8.78 Å². The van der Waals surface area contributed by atoms with Crippen LogP contribution < -0.4 is 10.1 Å². The van der Waals surface area contributed by atoms with Crippen LogP contribution in [0.5, 0.6) is 5.75 Å². The van der Waals surface area contributed by atoms with E-state index in [1.165, 1.54) is 6.07 Å². The highest BCUT2D eigenvalue weighted by atomic mass is 35.5. The highest BCUT2D eigenvalue weighted by Crippen LogP contribution is 2.37. The van der Waals surface area contributed by atoms with Crippen molar-refractivity contribution in [3.05, 3.63) is 22.7 Å². The predicted octanol–water partition coefficient (Wildman–Crippen LogP) is 2.61. The molecule has 6 heteroatoms. The van der Waals surface area contributed by atoms with Gasteiger partial charge in [-0.15, -0.1) is 0 Å². The van der Waals surface area contributed by atoms with Gasteiger partial charge < -0.3 is 10.1 Å². The first-order valence-electron chi connectivity index (χ1n) is 4.12. The summed E-state index contributed by atoms with van der Waals surface area (Å²) in [5.74, 6) is -0.0611. The van der Waals surface area contributed by atoms with Crippen LogP contribution >= 0.6 is 11.6 Å². The molecule has 0 bridgehead atoms. The third-order valence-corrected chi connectivity index (χ3v) is 2.29. The summed E-state index contributed by atoms with van der Waals surface area (Å²) in [5.41, 5.74) is -0.0906. The molecule has 0 unspecified atom stereocenters. The Morgan fingerprint density at radius 2 is 2.20 bits per heavy atom. The molecule has 80 valence electrons. The van der Waals surface area contributed by atoms with Gasteiger partial charge in [0, 0.05) is 11.6 Å². The first kappa shape index (κ1) is 10.2. The summed E-state index contributed by atoms with van der Waals surface area (Å²) in [6.07, 6.45) is -2.68. The molecular weight excluding hydrogens is 228 g/mol. The second-order valence-electron chi connectivity index (χ2n) is 3.01. The fourth-order valence-corrected chi connectivity index (χ4v) is 1.52. The number of nitrogens with one attached hydrogen (secondary N) is 1. The molecular formula is C9H6ClF2NO2. The molecule has 1 amide bonds. The minimum atomic E-state index is -2.68. The quantitative estimate of drug-likeness (QED) is 0.810. The lowest BCUT2D eigenvalue weighted by molar-refractivity contribution is -0.118. The fourth-order valence-electron chi connectivity index (χ4n) is 1.29. The number of halogens is 3. The normalized spacial score (nSPS) is 14.5. The van der Waals surface area contributed by atoms with Gasteiger partial charge in [-0.05, 0) is 6.07 Å². The van der Waals surface area contributed by atoms with Gasteiger partial charge in [-0.2, -0.15) is 0 Å². The van der Waals surface area contributed by atoms with Crippen LogP contribution in [-0.4, -0.2) is 12.5 Å². The van der Waals surface area contributed by atoms with E-state index in [2.05, 4.69) is 5.32 Å². The molecule has 0 radical (unpaired) electrons. The third kappa shape index (κ3) is 1.87. The van der Waals surface area contributed by atoms with Crippen LogP contribution in [0.4, 0.5) is 14.5 Å². The summed E-state index contributed by atoms with van der Waals surface area (Å²) >= 11 is 5.62. The molecule has 0 saturated heterocycles. The SMILES string of the molecule is O=C1COc2cc(Cl)c(C(F)F)cc2N1. The second kappa shape index (κ2) is 3.66. The monoisotopic (exact) mass is 233 g/mol. The van der Waals surface area contributed by atoms with Crippen molar-refractivity contribution in [1.29, 1.82) is 0 Å². The summed E-state index contributed by atoms with van der Waals surface area (Å²) in [6.45, 7) is -0.128. The minimum Gasteiger partial charge on any atom is -0.482 e. The van der Waals surface area contributed by atoms with Crippen molar-refractivity contribution in [3.8, 4) is 5.75 Å². The van der Waals surface area contributed by atoms with Crippen molar-refractivity contribution < 1.29 is 18.3 Å². The maximum Gasteiger partial charge on any atom is 0.265 e. The van der Waals surface area contributed by atoms with Gasteiger partial charge in [0.25, 0.3) is 12.3 Å². The number of hydrogen-bond acceptors (Lipinski definition) is 2. The zero-order valence-corrected chi connectivity index (χ0v) is 8.15. The molecule has 1 N–H and O–H groups in total. The fraction of sp³-hybridized carbons (Fsp3) is 0.222. The zero-order chi connectivity index (χ0) is 11.0. The number of ether oxygens (including phenoxy) is 1. The smallest absolute Gasteiger partial charge is 0.265 e. The largest absolute Gasteiger partial charge is 0.482 e. The average Bonchev–Trinajstić information content (AvgIpc) is 2.17. The van der Waals surface area contributed by atoms with Gasteiger partial charge in [-0.1, -0.05) is 11.6 Å². The number of rotatable bonds is 1. The van der Waals surface area contributed by atoms with E-state index in [0.717, 1.165) is 6.07 Å². The number of benzene rings is 1. The first-order chi connectivity index (χ1) is 7.08. The summed E-state index contributed by atoms with van der Waals surface area (Å²) < 4.78 is 29.9. The Balaban J connectivity index is 2.47. The topological polar surface area (TPSA) is 38.3 Å². The van der Waals surface area contributed by atoms with Crippen molar-refractivity contribution in [2.75, 3.05) is 11.9 Å². The van der Waals surface area contributed by atoms with E-state index in [4.69, 9.17) is 16.3 Å². The third-order valence-electron chi connectivity index (χ3n) is 1.97. The second-order valence-corrected chi connectivity index (χ2v) is 3.41. The summed E-state index contributed by atoms with van der Waals surface area (Å²) in [5, 5.41) is 2.36. The summed E-state index contributed by atoms with van der Waals surface area (Å²) in [6, 6.07) is 2.40. The van der Waals surface area contributed by atoms with Crippen LogP contribution in [0.1, 0.15) is 12.0 Å². The number of carbonyl (C=O) groups is 1. The highest BCUT2D eigenvalue weighted by Gasteiger charge is 2.21. The average molecular weight is 234 g/mol. The molecule has 0 spiro atoms. The van der Waals surface area contributed by atoms with Crippen LogP contribution in [0.3, 0.4) is 0 Å². The number of amides is 1. The lowest BCUT2D eigenvalue weighted by Crippen LogP contribution is -2.25. The van der Waals surface area contributed by atoms with Gasteiger partial charge >= 0.3 is 0 Å². The Morgan fingerprint density at radius 1 is 1.47 bits per heavy atom. The molecule has 1 aromatic carbocycles. The van der Waals surface area contributed by atoms with E-state index in [0.29, 0.717) is 5.75 Å². The van der Waals surface area contributed by atoms with E-state index in [-0.39, 0.29) is 28.8 Å². The molecule has 1 aliphatic heterocycles. The molecule has 0 aromatic heterocycles. The van der Waals surface area contributed by atoms with Crippen molar-refractivity contribution in [1.82, 2.24) is 0 Å². The maximum atomic E-state index is 12.5. The number of fused-ring (bicyclic) bond motifs is 1. The summed E-state index contributed by atoms with van der Waals surface area (Å²) in [4.78, 5) is 10.9. The number of anilines is 1. The molecule has 3 nitrogen and oxygen atoms in total. The molecule has 1 heterocycles. The molecule has 0 fully saturated rings. The van der Waals surface area contributed by atoms with E-state index < -0.39 is 6.43 Å². The van der Waals surface area contributed by atoms with Crippen LogP contribution in [0.2, 0.25) is 5.02 Å². The van der Waals surface area contributed by atoms with Gasteiger partial charge in [-0.3, -0.25) is 4.79 Å². The minimum absolute atomic E-state index is 0.0695.